The molecule has 0 amide bonds. The van der Waals surface area contributed by atoms with Gasteiger partial charge in [-0.1, -0.05) is 26.0 Å². The summed E-state index contributed by atoms with van der Waals surface area (Å²) in [6, 6.07) is 5.49. The van der Waals surface area contributed by atoms with Crippen molar-refractivity contribution in [1.29, 1.82) is 0 Å². The van der Waals surface area contributed by atoms with Crippen LogP contribution in [-0.2, 0) is 0 Å². The van der Waals surface area contributed by atoms with E-state index in [9.17, 15) is 4.79 Å². The van der Waals surface area contributed by atoms with Crippen LogP contribution in [0.2, 0.25) is 0 Å². The summed E-state index contributed by atoms with van der Waals surface area (Å²) in [6.07, 6.45) is 0. The number of hydrogen-bond acceptors (Lipinski definition) is 2. The van der Waals surface area contributed by atoms with Crippen LogP contribution in [0, 0.1) is 5.92 Å². The highest BCUT2D eigenvalue weighted by atomic mass is 16.4. The van der Waals surface area contributed by atoms with Gasteiger partial charge in [0.25, 0.3) is 0 Å². The largest absolute Gasteiger partial charge is 0.478 e. The number of anilines is 1. The van der Waals surface area contributed by atoms with Gasteiger partial charge in [-0.05, 0) is 17.5 Å². The van der Waals surface area contributed by atoms with Crippen molar-refractivity contribution in [2.24, 2.45) is 5.92 Å². The van der Waals surface area contributed by atoms with Crippen molar-refractivity contribution in [3.8, 4) is 0 Å². The third kappa shape index (κ3) is 1.58. The molecule has 3 nitrogen and oxygen atoms in total. The van der Waals surface area contributed by atoms with Crippen molar-refractivity contribution >= 4 is 11.7 Å². The fourth-order valence-electron chi connectivity index (χ4n) is 2.17. The number of benzene rings is 1. The minimum atomic E-state index is -0.858. The number of nitrogens with one attached hydrogen (secondary N) is 1. The fourth-order valence-corrected chi connectivity index (χ4v) is 2.17. The third-order valence-electron chi connectivity index (χ3n) is 3.03. The summed E-state index contributed by atoms with van der Waals surface area (Å²) in [7, 11) is 0. The van der Waals surface area contributed by atoms with Crippen LogP contribution >= 0.6 is 0 Å². The van der Waals surface area contributed by atoms with Crippen molar-refractivity contribution in [3.63, 3.8) is 0 Å². The summed E-state index contributed by atoms with van der Waals surface area (Å²) in [5.41, 5.74) is 2.34. The normalized spacial score (nSPS) is 18.7. The molecule has 2 N–H and O–H groups in total. The van der Waals surface area contributed by atoms with Gasteiger partial charge in [-0.2, -0.15) is 0 Å². The number of aromatic carboxylic acids is 1. The van der Waals surface area contributed by atoms with Crippen LogP contribution in [0.1, 0.15) is 35.7 Å². The Morgan fingerprint density at radius 3 is 2.87 bits per heavy atom. The van der Waals surface area contributed by atoms with Crippen LogP contribution in [0.3, 0.4) is 0 Å². The van der Waals surface area contributed by atoms with Crippen LogP contribution in [0.5, 0.6) is 0 Å². The number of rotatable bonds is 2. The quantitative estimate of drug-likeness (QED) is 0.780. The number of fused-ring (bicyclic) bond motifs is 1. The second-order valence-electron chi connectivity index (χ2n) is 4.31. The average Bonchev–Trinajstić information content (AvgIpc) is 2.59. The first-order chi connectivity index (χ1) is 7.11. The van der Waals surface area contributed by atoms with Gasteiger partial charge in [0.15, 0.2) is 0 Å². The predicted molar refractivity (Wildman–Crippen MR) is 59.5 cm³/mol. The first-order valence-electron chi connectivity index (χ1n) is 5.21. The monoisotopic (exact) mass is 205 g/mol. The first-order valence-corrected chi connectivity index (χ1v) is 5.21. The van der Waals surface area contributed by atoms with E-state index in [0.717, 1.165) is 17.8 Å². The molecule has 1 aromatic rings. The van der Waals surface area contributed by atoms with Gasteiger partial charge in [-0.15, -0.1) is 0 Å². The Balaban J connectivity index is 2.48. The molecule has 1 aliphatic heterocycles. The van der Waals surface area contributed by atoms with Gasteiger partial charge in [0.05, 0.1) is 11.3 Å². The maximum absolute atomic E-state index is 11.0. The van der Waals surface area contributed by atoms with Gasteiger partial charge in [-0.25, -0.2) is 4.79 Å². The molecule has 2 rings (SSSR count). The Labute approximate surface area is 89.1 Å². The van der Waals surface area contributed by atoms with E-state index in [1.54, 1.807) is 6.07 Å². The van der Waals surface area contributed by atoms with Crippen molar-refractivity contribution in [2.75, 3.05) is 11.9 Å². The highest BCUT2D eigenvalue weighted by Crippen LogP contribution is 2.38. The maximum atomic E-state index is 11.0. The molecule has 1 aliphatic rings. The second kappa shape index (κ2) is 3.57. The van der Waals surface area contributed by atoms with Crippen LogP contribution in [0.25, 0.3) is 0 Å². The minimum absolute atomic E-state index is 0.385. The molecule has 1 heterocycles. The molecule has 0 spiro atoms. The standard InChI is InChI=1S/C12H15NO2/c1-7(2)10-6-13-11-8(10)4-3-5-9(11)12(14)15/h3-5,7,10,13H,6H2,1-2H3,(H,14,15). The van der Waals surface area contributed by atoms with Gasteiger partial charge in [0.2, 0.25) is 0 Å². The summed E-state index contributed by atoms with van der Waals surface area (Å²) < 4.78 is 0. The van der Waals surface area contributed by atoms with Crippen LogP contribution < -0.4 is 5.32 Å². The number of carboxylic acids is 1. The van der Waals surface area contributed by atoms with E-state index in [1.165, 1.54) is 0 Å². The van der Waals surface area contributed by atoms with Crippen molar-refractivity contribution < 1.29 is 9.90 Å². The summed E-state index contributed by atoms with van der Waals surface area (Å²) in [5, 5.41) is 12.2. The Morgan fingerprint density at radius 1 is 1.53 bits per heavy atom. The van der Waals surface area contributed by atoms with E-state index in [-0.39, 0.29) is 0 Å². The molecule has 0 aromatic heterocycles. The van der Waals surface area contributed by atoms with Crippen LogP contribution in [0.4, 0.5) is 5.69 Å². The van der Waals surface area contributed by atoms with Crippen LogP contribution in [-0.4, -0.2) is 17.6 Å². The lowest BCUT2D eigenvalue weighted by Crippen LogP contribution is -2.08. The zero-order chi connectivity index (χ0) is 11.0. The van der Waals surface area contributed by atoms with Gasteiger partial charge < -0.3 is 10.4 Å². The maximum Gasteiger partial charge on any atom is 0.337 e. The third-order valence-corrected chi connectivity index (χ3v) is 3.03. The van der Waals surface area contributed by atoms with Gasteiger partial charge >= 0.3 is 5.97 Å². The smallest absolute Gasteiger partial charge is 0.337 e. The Bertz CT molecular complexity index is 399. The second-order valence-corrected chi connectivity index (χ2v) is 4.31. The van der Waals surface area contributed by atoms with Crippen molar-refractivity contribution in [3.05, 3.63) is 29.3 Å². The van der Waals surface area contributed by atoms with E-state index < -0.39 is 5.97 Å². The molecular formula is C12H15NO2. The highest BCUT2D eigenvalue weighted by Gasteiger charge is 2.27. The number of carboxylic acid groups (broad SMARTS) is 1. The SMILES string of the molecule is CC(C)C1CNc2c(C(=O)O)cccc21. The molecule has 0 radical (unpaired) electrons. The van der Waals surface area contributed by atoms with Gasteiger partial charge in [0.1, 0.15) is 0 Å². The Kier molecular flexibility index (Phi) is 2.39. The predicted octanol–water partition coefficient (Wildman–Crippen LogP) is 2.55. The molecule has 1 unspecified atom stereocenters. The summed E-state index contributed by atoms with van der Waals surface area (Å²) in [5.74, 6) is 0.103. The number of para-hydroxylation sites is 1. The van der Waals surface area contributed by atoms with Crippen molar-refractivity contribution in [1.82, 2.24) is 0 Å². The van der Waals surface area contributed by atoms with E-state index in [0.29, 0.717) is 17.4 Å². The first kappa shape index (κ1) is 10.0. The van der Waals surface area contributed by atoms with Gasteiger partial charge in [0, 0.05) is 12.5 Å². The fraction of sp³-hybridized carbons (Fsp3) is 0.417. The minimum Gasteiger partial charge on any atom is -0.478 e. The molecule has 15 heavy (non-hydrogen) atoms. The van der Waals surface area contributed by atoms with Crippen molar-refractivity contribution in [2.45, 2.75) is 19.8 Å². The molecule has 0 bridgehead atoms. The lowest BCUT2D eigenvalue weighted by Gasteiger charge is -2.13. The van der Waals surface area contributed by atoms with E-state index in [1.807, 2.05) is 12.1 Å². The zero-order valence-electron chi connectivity index (χ0n) is 8.95. The summed E-state index contributed by atoms with van der Waals surface area (Å²) in [6.45, 7) is 5.17. The van der Waals surface area contributed by atoms with Gasteiger partial charge in [-0.3, -0.25) is 0 Å². The highest BCUT2D eigenvalue weighted by molar-refractivity contribution is 5.95. The van der Waals surface area contributed by atoms with E-state index in [2.05, 4.69) is 19.2 Å². The molecule has 3 heteroatoms. The molecule has 1 aromatic carbocycles. The number of hydrogen-bond donors (Lipinski definition) is 2. The number of carbonyl (C=O) groups is 1. The molecular weight excluding hydrogens is 190 g/mol. The molecule has 0 saturated heterocycles. The zero-order valence-corrected chi connectivity index (χ0v) is 8.95. The molecule has 80 valence electrons. The topological polar surface area (TPSA) is 49.3 Å². The molecule has 1 atom stereocenters. The van der Waals surface area contributed by atoms with E-state index >= 15 is 0 Å². The Hall–Kier alpha value is -1.51. The Morgan fingerprint density at radius 2 is 2.27 bits per heavy atom. The average molecular weight is 205 g/mol. The van der Waals surface area contributed by atoms with Crippen LogP contribution in [0.15, 0.2) is 18.2 Å². The van der Waals surface area contributed by atoms with E-state index in [4.69, 9.17) is 5.11 Å². The molecule has 0 fully saturated rings. The molecule has 0 saturated carbocycles. The summed E-state index contributed by atoms with van der Waals surface area (Å²) in [4.78, 5) is 11.0. The lowest BCUT2D eigenvalue weighted by atomic mass is 9.89. The lowest BCUT2D eigenvalue weighted by molar-refractivity contribution is 0.0698. The molecule has 0 aliphatic carbocycles. The summed E-state index contributed by atoms with van der Waals surface area (Å²) >= 11 is 0.